The largest absolute Gasteiger partial charge is 0.368 e. The number of ether oxygens (including phenoxy) is 1. The monoisotopic (exact) mass is 268 g/mol. The molecule has 0 heterocycles. The molecule has 1 fully saturated rings. The molecular formula is C17H32O2. The minimum absolute atomic E-state index is 0.375. The lowest BCUT2D eigenvalue weighted by Gasteiger charge is -2.27. The van der Waals surface area contributed by atoms with Gasteiger partial charge in [-0.05, 0) is 39.0 Å². The summed E-state index contributed by atoms with van der Waals surface area (Å²) in [4.78, 5) is 12.4. The minimum atomic E-state index is -0.392. The van der Waals surface area contributed by atoms with Crippen LogP contribution in [0.5, 0.6) is 0 Å². The van der Waals surface area contributed by atoms with Gasteiger partial charge in [-0.2, -0.15) is 0 Å². The van der Waals surface area contributed by atoms with Crippen molar-refractivity contribution in [1.82, 2.24) is 0 Å². The molecule has 0 aliphatic heterocycles. The third-order valence-corrected chi connectivity index (χ3v) is 4.35. The molecule has 0 atom stereocenters. The fraction of sp³-hybridized carbons (Fsp3) is 0.941. The van der Waals surface area contributed by atoms with Crippen molar-refractivity contribution in [3.05, 3.63) is 0 Å². The molecule has 0 saturated heterocycles. The van der Waals surface area contributed by atoms with Gasteiger partial charge in [0, 0.05) is 13.0 Å². The first-order valence-electron chi connectivity index (χ1n) is 8.42. The first-order chi connectivity index (χ1) is 9.25. The molecule has 0 radical (unpaired) electrons. The summed E-state index contributed by atoms with van der Waals surface area (Å²) >= 11 is 0. The van der Waals surface area contributed by atoms with E-state index in [4.69, 9.17) is 4.74 Å². The summed E-state index contributed by atoms with van der Waals surface area (Å²) in [6.07, 6.45) is 13.8. The van der Waals surface area contributed by atoms with E-state index in [0.29, 0.717) is 12.4 Å². The van der Waals surface area contributed by atoms with E-state index < -0.39 is 5.60 Å². The van der Waals surface area contributed by atoms with Gasteiger partial charge in [-0.25, -0.2) is 0 Å². The highest BCUT2D eigenvalue weighted by Crippen LogP contribution is 2.35. The number of hydrogen-bond donors (Lipinski definition) is 0. The first kappa shape index (κ1) is 16.7. The van der Waals surface area contributed by atoms with E-state index in [9.17, 15) is 4.79 Å². The highest BCUT2D eigenvalue weighted by Gasteiger charge is 2.40. The molecule has 0 bridgehead atoms. The Bertz CT molecular complexity index is 242. The Labute approximate surface area is 119 Å². The Morgan fingerprint density at radius 1 is 0.947 bits per heavy atom. The van der Waals surface area contributed by atoms with Crippen molar-refractivity contribution in [3.63, 3.8) is 0 Å². The van der Waals surface area contributed by atoms with E-state index in [1.54, 1.807) is 0 Å². The van der Waals surface area contributed by atoms with Gasteiger partial charge in [-0.1, -0.05) is 45.4 Å². The van der Waals surface area contributed by atoms with Gasteiger partial charge in [0.25, 0.3) is 0 Å². The lowest BCUT2D eigenvalue weighted by atomic mass is 9.92. The molecule has 0 aromatic rings. The first-order valence-corrected chi connectivity index (χ1v) is 8.42. The van der Waals surface area contributed by atoms with Gasteiger partial charge in [-0.3, -0.25) is 4.79 Å². The molecule has 112 valence electrons. The SMILES string of the molecule is CCCCCCCCCC(=O)C1(OCC)CCCC1. The standard InChI is InChI=1S/C17H32O2/c1-3-5-6-7-8-9-10-13-16(18)17(19-4-2)14-11-12-15-17/h3-15H2,1-2H3. The normalized spacial score (nSPS) is 17.8. The van der Waals surface area contributed by atoms with Crippen molar-refractivity contribution in [1.29, 1.82) is 0 Å². The third kappa shape index (κ3) is 5.64. The Morgan fingerprint density at radius 2 is 1.53 bits per heavy atom. The van der Waals surface area contributed by atoms with Crippen LogP contribution in [0.25, 0.3) is 0 Å². The van der Waals surface area contributed by atoms with Crippen molar-refractivity contribution in [2.75, 3.05) is 6.61 Å². The van der Waals surface area contributed by atoms with Crippen LogP contribution in [0, 0.1) is 0 Å². The molecule has 2 heteroatoms. The minimum Gasteiger partial charge on any atom is -0.368 e. The van der Waals surface area contributed by atoms with Crippen LogP contribution in [0.4, 0.5) is 0 Å². The van der Waals surface area contributed by atoms with Crippen molar-refractivity contribution >= 4 is 5.78 Å². The van der Waals surface area contributed by atoms with Crippen molar-refractivity contribution < 1.29 is 9.53 Å². The van der Waals surface area contributed by atoms with E-state index in [-0.39, 0.29) is 0 Å². The van der Waals surface area contributed by atoms with Gasteiger partial charge in [0.15, 0.2) is 5.78 Å². The molecule has 1 aliphatic rings. The van der Waals surface area contributed by atoms with Crippen LogP contribution >= 0.6 is 0 Å². The number of carbonyl (C=O) groups excluding carboxylic acids is 1. The molecule has 0 amide bonds. The summed E-state index contributed by atoms with van der Waals surface area (Å²) in [6.45, 7) is 4.91. The van der Waals surface area contributed by atoms with Crippen LogP contribution in [0.3, 0.4) is 0 Å². The zero-order chi connectivity index (χ0) is 14.0. The predicted octanol–water partition coefficient (Wildman–Crippen LogP) is 5.05. The van der Waals surface area contributed by atoms with Gasteiger partial charge in [0.05, 0.1) is 0 Å². The lowest BCUT2D eigenvalue weighted by Crippen LogP contribution is -2.38. The molecule has 1 saturated carbocycles. The molecule has 1 aliphatic carbocycles. The molecular weight excluding hydrogens is 236 g/mol. The number of ketones is 1. The van der Waals surface area contributed by atoms with Crippen molar-refractivity contribution in [3.8, 4) is 0 Å². The highest BCUT2D eigenvalue weighted by molar-refractivity contribution is 5.87. The molecule has 0 N–H and O–H groups in total. The fourth-order valence-corrected chi connectivity index (χ4v) is 3.20. The predicted molar refractivity (Wildman–Crippen MR) is 80.4 cm³/mol. The van der Waals surface area contributed by atoms with Crippen LogP contribution < -0.4 is 0 Å². The van der Waals surface area contributed by atoms with E-state index >= 15 is 0 Å². The highest BCUT2D eigenvalue weighted by atomic mass is 16.5. The molecule has 2 nitrogen and oxygen atoms in total. The average molecular weight is 268 g/mol. The second-order valence-corrected chi connectivity index (χ2v) is 5.93. The van der Waals surface area contributed by atoms with Gasteiger partial charge in [0.1, 0.15) is 5.60 Å². The number of rotatable bonds is 11. The van der Waals surface area contributed by atoms with E-state index in [1.807, 2.05) is 6.92 Å². The van der Waals surface area contributed by atoms with Gasteiger partial charge < -0.3 is 4.74 Å². The zero-order valence-electron chi connectivity index (χ0n) is 13.0. The molecule has 0 aromatic carbocycles. The maximum Gasteiger partial charge on any atom is 0.164 e. The second-order valence-electron chi connectivity index (χ2n) is 5.93. The Kier molecular flexibility index (Phi) is 8.36. The smallest absolute Gasteiger partial charge is 0.164 e. The van der Waals surface area contributed by atoms with Crippen molar-refractivity contribution in [2.45, 2.75) is 96.5 Å². The van der Waals surface area contributed by atoms with Crippen molar-refractivity contribution in [2.24, 2.45) is 0 Å². The zero-order valence-corrected chi connectivity index (χ0v) is 13.0. The van der Waals surface area contributed by atoms with Crippen LogP contribution in [-0.4, -0.2) is 18.0 Å². The number of carbonyl (C=O) groups is 1. The van der Waals surface area contributed by atoms with Crippen LogP contribution in [-0.2, 0) is 9.53 Å². The third-order valence-electron chi connectivity index (χ3n) is 4.35. The summed E-state index contributed by atoms with van der Waals surface area (Å²) in [7, 11) is 0. The van der Waals surface area contributed by atoms with Crippen LogP contribution in [0.2, 0.25) is 0 Å². The fourth-order valence-electron chi connectivity index (χ4n) is 3.20. The van der Waals surface area contributed by atoms with Gasteiger partial charge >= 0.3 is 0 Å². The van der Waals surface area contributed by atoms with E-state index in [1.165, 1.54) is 38.5 Å². The van der Waals surface area contributed by atoms with Gasteiger partial charge in [0.2, 0.25) is 0 Å². The summed E-state index contributed by atoms with van der Waals surface area (Å²) in [5.74, 6) is 0.375. The number of hydrogen-bond acceptors (Lipinski definition) is 2. The molecule has 0 aromatic heterocycles. The maximum atomic E-state index is 12.4. The second kappa shape index (κ2) is 9.52. The average Bonchev–Trinajstić information content (AvgIpc) is 2.88. The molecule has 1 rings (SSSR count). The quantitative estimate of drug-likeness (QED) is 0.490. The van der Waals surface area contributed by atoms with E-state index in [2.05, 4.69) is 6.92 Å². The summed E-state index contributed by atoms with van der Waals surface area (Å²) in [6, 6.07) is 0. The number of Topliss-reactive ketones (excluding diaryl/α,β-unsaturated/α-hetero) is 1. The Hall–Kier alpha value is -0.370. The maximum absolute atomic E-state index is 12.4. The summed E-state index contributed by atoms with van der Waals surface area (Å²) < 4.78 is 5.81. The number of unbranched alkanes of at least 4 members (excludes halogenated alkanes) is 6. The van der Waals surface area contributed by atoms with Crippen LogP contribution in [0.1, 0.15) is 90.9 Å². The molecule has 0 unspecified atom stereocenters. The molecule has 0 spiro atoms. The van der Waals surface area contributed by atoms with E-state index in [0.717, 1.165) is 38.5 Å². The van der Waals surface area contributed by atoms with Crippen LogP contribution in [0.15, 0.2) is 0 Å². The Balaban J connectivity index is 2.15. The molecule has 19 heavy (non-hydrogen) atoms. The topological polar surface area (TPSA) is 26.3 Å². The lowest BCUT2D eigenvalue weighted by molar-refractivity contribution is -0.143. The summed E-state index contributed by atoms with van der Waals surface area (Å²) in [5, 5.41) is 0. The van der Waals surface area contributed by atoms with Gasteiger partial charge in [-0.15, -0.1) is 0 Å². The summed E-state index contributed by atoms with van der Waals surface area (Å²) in [5.41, 5.74) is -0.392. The Morgan fingerprint density at radius 3 is 2.11 bits per heavy atom.